The Balaban J connectivity index is 2.07. The fourth-order valence-electron chi connectivity index (χ4n) is 2.13. The summed E-state index contributed by atoms with van der Waals surface area (Å²) >= 11 is 5.99. The van der Waals surface area contributed by atoms with E-state index < -0.39 is 11.4 Å². The Labute approximate surface area is 142 Å². The summed E-state index contributed by atoms with van der Waals surface area (Å²) in [7, 11) is 0. The van der Waals surface area contributed by atoms with E-state index in [0.29, 0.717) is 22.1 Å². The first-order valence-electron chi connectivity index (χ1n) is 7.22. The predicted octanol–water partition coefficient (Wildman–Crippen LogP) is 3.59. The highest BCUT2D eigenvalue weighted by atomic mass is 35.5. The molecule has 3 heterocycles. The van der Waals surface area contributed by atoms with E-state index in [2.05, 4.69) is 25.3 Å². The van der Waals surface area contributed by atoms with Crippen LogP contribution in [-0.2, 0) is 4.79 Å². The standard InChI is InChI=1S/C16H15ClFN5O/c1-8(24)16(2,3)23-15-12(18)7-21-14(22-15)11-6-20-13-10(11)4-9(17)5-19-13/h4-7H,1-3H3,(H,19,20)(H,21,22,23). The lowest BCUT2D eigenvalue weighted by Crippen LogP contribution is -2.39. The molecular weight excluding hydrogens is 333 g/mol. The number of ketones is 1. The number of aromatic nitrogens is 4. The second-order valence-electron chi connectivity index (χ2n) is 5.95. The number of carbonyl (C=O) groups excluding carboxylic acids is 1. The third-order valence-corrected chi connectivity index (χ3v) is 4.00. The van der Waals surface area contributed by atoms with Crippen molar-refractivity contribution in [3.8, 4) is 11.4 Å². The van der Waals surface area contributed by atoms with Crippen molar-refractivity contribution in [3.63, 3.8) is 0 Å². The van der Waals surface area contributed by atoms with Gasteiger partial charge < -0.3 is 10.3 Å². The molecule has 0 aromatic carbocycles. The van der Waals surface area contributed by atoms with Crippen LogP contribution < -0.4 is 5.32 Å². The fourth-order valence-corrected chi connectivity index (χ4v) is 2.29. The van der Waals surface area contributed by atoms with Crippen LogP contribution in [0.25, 0.3) is 22.4 Å². The van der Waals surface area contributed by atoms with Gasteiger partial charge in [0.15, 0.2) is 23.2 Å². The molecule has 0 amide bonds. The van der Waals surface area contributed by atoms with Crippen LogP contribution in [-0.4, -0.2) is 31.3 Å². The molecule has 0 aliphatic heterocycles. The number of fused-ring (bicyclic) bond motifs is 1. The summed E-state index contributed by atoms with van der Waals surface area (Å²) in [4.78, 5) is 27.1. The van der Waals surface area contributed by atoms with Gasteiger partial charge in [0, 0.05) is 23.3 Å². The number of rotatable bonds is 4. The first kappa shape index (κ1) is 16.3. The molecule has 3 aromatic heterocycles. The van der Waals surface area contributed by atoms with Crippen molar-refractivity contribution >= 4 is 34.2 Å². The van der Waals surface area contributed by atoms with Gasteiger partial charge in [-0.1, -0.05) is 11.6 Å². The molecule has 0 bridgehead atoms. The highest BCUT2D eigenvalue weighted by molar-refractivity contribution is 6.31. The molecule has 0 spiro atoms. The third kappa shape index (κ3) is 2.94. The van der Waals surface area contributed by atoms with Crippen LogP contribution >= 0.6 is 11.6 Å². The predicted molar refractivity (Wildman–Crippen MR) is 90.5 cm³/mol. The summed E-state index contributed by atoms with van der Waals surface area (Å²) in [5.74, 6) is -0.507. The molecule has 2 N–H and O–H groups in total. The Bertz CT molecular complexity index is 937. The zero-order chi connectivity index (χ0) is 17.5. The number of hydrogen-bond acceptors (Lipinski definition) is 5. The van der Waals surface area contributed by atoms with Crippen LogP contribution in [0.4, 0.5) is 10.2 Å². The van der Waals surface area contributed by atoms with E-state index in [-0.39, 0.29) is 11.6 Å². The SMILES string of the molecule is CC(=O)C(C)(C)Nc1nc(-c2c[nH]c3ncc(Cl)cc23)ncc1F. The maximum atomic E-state index is 14.0. The molecule has 3 rings (SSSR count). The van der Waals surface area contributed by atoms with Crippen LogP contribution in [0.3, 0.4) is 0 Å². The van der Waals surface area contributed by atoms with Crippen molar-refractivity contribution in [2.75, 3.05) is 5.32 Å². The summed E-state index contributed by atoms with van der Waals surface area (Å²) in [6, 6.07) is 1.73. The quantitative estimate of drug-likeness (QED) is 0.753. The molecule has 124 valence electrons. The molecule has 3 aromatic rings. The summed E-state index contributed by atoms with van der Waals surface area (Å²) in [6.45, 7) is 4.75. The van der Waals surface area contributed by atoms with E-state index in [0.717, 1.165) is 11.6 Å². The molecule has 6 nitrogen and oxygen atoms in total. The lowest BCUT2D eigenvalue weighted by Gasteiger charge is -2.23. The van der Waals surface area contributed by atoms with E-state index in [1.165, 1.54) is 13.1 Å². The zero-order valence-electron chi connectivity index (χ0n) is 13.3. The Hall–Kier alpha value is -2.54. The highest BCUT2D eigenvalue weighted by Crippen LogP contribution is 2.28. The summed E-state index contributed by atoms with van der Waals surface area (Å²) in [5, 5.41) is 4.02. The van der Waals surface area contributed by atoms with Crippen molar-refractivity contribution < 1.29 is 9.18 Å². The minimum atomic E-state index is -0.947. The maximum Gasteiger partial charge on any atom is 0.183 e. The molecule has 8 heteroatoms. The van der Waals surface area contributed by atoms with Crippen LogP contribution in [0, 0.1) is 5.82 Å². The number of aromatic amines is 1. The average molecular weight is 348 g/mol. The minimum Gasteiger partial charge on any atom is -0.356 e. The minimum absolute atomic E-state index is 0.0375. The zero-order valence-corrected chi connectivity index (χ0v) is 14.1. The number of pyridine rings is 1. The van der Waals surface area contributed by atoms with E-state index in [1.54, 1.807) is 26.1 Å². The topological polar surface area (TPSA) is 83.6 Å². The number of hydrogen-bond donors (Lipinski definition) is 2. The lowest BCUT2D eigenvalue weighted by atomic mass is 10.0. The van der Waals surface area contributed by atoms with Gasteiger partial charge >= 0.3 is 0 Å². The number of H-pyrrole nitrogens is 1. The van der Waals surface area contributed by atoms with Crippen molar-refractivity contribution in [1.82, 2.24) is 19.9 Å². The first-order valence-corrected chi connectivity index (χ1v) is 7.60. The molecule has 0 atom stereocenters. The van der Waals surface area contributed by atoms with Gasteiger partial charge in [0.2, 0.25) is 0 Å². The molecule has 0 aliphatic carbocycles. The van der Waals surface area contributed by atoms with Gasteiger partial charge in [0.25, 0.3) is 0 Å². The monoisotopic (exact) mass is 347 g/mol. The molecule has 0 aliphatic rings. The van der Waals surface area contributed by atoms with Gasteiger partial charge in [-0.25, -0.2) is 19.3 Å². The van der Waals surface area contributed by atoms with Crippen molar-refractivity contribution in [2.45, 2.75) is 26.3 Å². The second-order valence-corrected chi connectivity index (χ2v) is 6.38. The Morgan fingerprint density at radius 1 is 1.33 bits per heavy atom. The van der Waals surface area contributed by atoms with E-state index in [1.807, 2.05) is 0 Å². The van der Waals surface area contributed by atoms with E-state index in [4.69, 9.17) is 11.6 Å². The molecule has 0 fully saturated rings. The smallest absolute Gasteiger partial charge is 0.183 e. The number of nitrogens with zero attached hydrogens (tertiary/aromatic N) is 3. The van der Waals surface area contributed by atoms with Gasteiger partial charge in [-0.2, -0.15) is 0 Å². The van der Waals surface area contributed by atoms with Crippen LogP contribution in [0.5, 0.6) is 0 Å². The number of halogens is 2. The number of carbonyl (C=O) groups is 1. The molecule has 0 unspecified atom stereocenters. The average Bonchev–Trinajstić information content (AvgIpc) is 2.92. The molecular formula is C16H15ClFN5O. The number of nitrogens with one attached hydrogen (secondary N) is 2. The fraction of sp³-hybridized carbons (Fsp3) is 0.250. The third-order valence-electron chi connectivity index (χ3n) is 3.79. The van der Waals surface area contributed by atoms with Crippen LogP contribution in [0.15, 0.2) is 24.7 Å². The molecule has 24 heavy (non-hydrogen) atoms. The molecule has 0 radical (unpaired) electrons. The van der Waals surface area contributed by atoms with Gasteiger partial charge in [0.05, 0.1) is 16.8 Å². The normalized spacial score (nSPS) is 11.7. The highest BCUT2D eigenvalue weighted by Gasteiger charge is 2.25. The summed E-state index contributed by atoms with van der Waals surface area (Å²) < 4.78 is 14.0. The van der Waals surface area contributed by atoms with Gasteiger partial charge in [-0.05, 0) is 26.8 Å². The van der Waals surface area contributed by atoms with E-state index >= 15 is 0 Å². The Morgan fingerprint density at radius 3 is 2.79 bits per heavy atom. The summed E-state index contributed by atoms with van der Waals surface area (Å²) in [6.07, 6.45) is 4.27. The number of Topliss-reactive ketones (excluding diaryl/α,β-unsaturated/α-hetero) is 1. The first-order chi connectivity index (χ1) is 11.3. The van der Waals surface area contributed by atoms with E-state index in [9.17, 15) is 9.18 Å². The van der Waals surface area contributed by atoms with Crippen molar-refractivity contribution in [1.29, 1.82) is 0 Å². The van der Waals surface area contributed by atoms with Crippen molar-refractivity contribution in [2.24, 2.45) is 0 Å². The maximum absolute atomic E-state index is 14.0. The Kier molecular flexibility index (Phi) is 3.96. The summed E-state index contributed by atoms with van der Waals surface area (Å²) in [5.41, 5.74) is 0.321. The largest absolute Gasteiger partial charge is 0.356 e. The van der Waals surface area contributed by atoms with Gasteiger partial charge in [0.1, 0.15) is 5.65 Å². The Morgan fingerprint density at radius 2 is 2.08 bits per heavy atom. The van der Waals surface area contributed by atoms with Crippen molar-refractivity contribution in [3.05, 3.63) is 35.5 Å². The molecule has 0 saturated heterocycles. The lowest BCUT2D eigenvalue weighted by molar-refractivity contribution is -0.120. The second kappa shape index (κ2) is 5.83. The molecule has 0 saturated carbocycles. The number of anilines is 1. The van der Waals surface area contributed by atoms with Gasteiger partial charge in [-0.15, -0.1) is 0 Å². The van der Waals surface area contributed by atoms with Crippen LogP contribution in [0.1, 0.15) is 20.8 Å². The van der Waals surface area contributed by atoms with Gasteiger partial charge in [-0.3, -0.25) is 4.79 Å². The van der Waals surface area contributed by atoms with Crippen LogP contribution in [0.2, 0.25) is 5.02 Å².